The SMILES string of the molecule is CC1CC(O)(C2=CCCCCCC2)CN1C1CC1. The van der Waals surface area contributed by atoms with Crippen molar-refractivity contribution in [2.75, 3.05) is 6.54 Å². The Kier molecular flexibility index (Phi) is 3.50. The Morgan fingerprint density at radius 3 is 2.78 bits per heavy atom. The van der Waals surface area contributed by atoms with Crippen molar-refractivity contribution in [2.24, 2.45) is 0 Å². The first-order valence-corrected chi connectivity index (χ1v) is 7.87. The number of nitrogens with zero attached hydrogens (tertiary/aromatic N) is 1. The van der Waals surface area contributed by atoms with E-state index in [1.54, 1.807) is 0 Å². The summed E-state index contributed by atoms with van der Waals surface area (Å²) >= 11 is 0. The second kappa shape index (κ2) is 4.97. The van der Waals surface area contributed by atoms with Gasteiger partial charge in [0.2, 0.25) is 0 Å². The molecule has 102 valence electrons. The summed E-state index contributed by atoms with van der Waals surface area (Å²) in [5.74, 6) is 0. The Balaban J connectivity index is 1.73. The van der Waals surface area contributed by atoms with Crippen LogP contribution >= 0.6 is 0 Å². The van der Waals surface area contributed by atoms with Crippen LogP contribution in [0.25, 0.3) is 0 Å². The minimum absolute atomic E-state index is 0.501. The number of aliphatic hydroxyl groups is 1. The first-order chi connectivity index (χ1) is 8.69. The van der Waals surface area contributed by atoms with Gasteiger partial charge < -0.3 is 5.11 Å². The summed E-state index contributed by atoms with van der Waals surface area (Å²) in [7, 11) is 0. The van der Waals surface area contributed by atoms with E-state index in [4.69, 9.17) is 0 Å². The minimum Gasteiger partial charge on any atom is -0.384 e. The van der Waals surface area contributed by atoms with Crippen LogP contribution in [-0.2, 0) is 0 Å². The molecule has 2 aliphatic carbocycles. The van der Waals surface area contributed by atoms with Crippen LogP contribution in [0.3, 0.4) is 0 Å². The molecule has 1 aliphatic heterocycles. The van der Waals surface area contributed by atoms with Crippen LogP contribution in [0.5, 0.6) is 0 Å². The average molecular weight is 249 g/mol. The molecule has 0 amide bonds. The van der Waals surface area contributed by atoms with Crippen molar-refractivity contribution in [2.45, 2.75) is 82.4 Å². The van der Waals surface area contributed by atoms with Gasteiger partial charge in [0.05, 0.1) is 5.60 Å². The van der Waals surface area contributed by atoms with Crippen molar-refractivity contribution in [3.8, 4) is 0 Å². The fourth-order valence-corrected chi connectivity index (χ4v) is 3.87. The Morgan fingerprint density at radius 1 is 1.22 bits per heavy atom. The van der Waals surface area contributed by atoms with Gasteiger partial charge in [-0.3, -0.25) is 4.90 Å². The molecule has 0 spiro atoms. The van der Waals surface area contributed by atoms with E-state index >= 15 is 0 Å². The van der Waals surface area contributed by atoms with Gasteiger partial charge in [-0.2, -0.15) is 0 Å². The average Bonchev–Trinajstić information content (AvgIpc) is 3.04. The summed E-state index contributed by atoms with van der Waals surface area (Å²) in [6, 6.07) is 1.34. The lowest BCUT2D eigenvalue weighted by Gasteiger charge is -2.28. The molecule has 0 radical (unpaired) electrons. The summed E-state index contributed by atoms with van der Waals surface area (Å²) in [6.07, 6.45) is 13.6. The molecule has 0 aromatic rings. The Bertz CT molecular complexity index is 334. The molecular formula is C16H27NO. The molecule has 2 heteroatoms. The Labute approximate surface area is 111 Å². The number of β-amino-alcohol motifs (C(OH)–C–C–N with tert-alkyl or cyclic N) is 1. The fourth-order valence-electron chi connectivity index (χ4n) is 3.87. The molecule has 0 aromatic heterocycles. The van der Waals surface area contributed by atoms with Crippen LogP contribution in [-0.4, -0.2) is 34.2 Å². The van der Waals surface area contributed by atoms with Gasteiger partial charge in [-0.05, 0) is 57.4 Å². The summed E-state index contributed by atoms with van der Waals surface area (Å²) < 4.78 is 0. The molecule has 3 aliphatic rings. The van der Waals surface area contributed by atoms with Crippen molar-refractivity contribution >= 4 is 0 Å². The van der Waals surface area contributed by atoms with Crippen LogP contribution < -0.4 is 0 Å². The van der Waals surface area contributed by atoms with Crippen molar-refractivity contribution in [3.63, 3.8) is 0 Å². The van der Waals surface area contributed by atoms with E-state index in [1.807, 2.05) is 0 Å². The second-order valence-corrected chi connectivity index (χ2v) is 6.67. The van der Waals surface area contributed by atoms with E-state index in [0.29, 0.717) is 6.04 Å². The van der Waals surface area contributed by atoms with Crippen molar-refractivity contribution in [3.05, 3.63) is 11.6 Å². The number of allylic oxidation sites excluding steroid dienone is 1. The van der Waals surface area contributed by atoms with Gasteiger partial charge in [-0.1, -0.05) is 18.9 Å². The molecule has 1 saturated heterocycles. The third kappa shape index (κ3) is 2.50. The molecule has 2 unspecified atom stereocenters. The van der Waals surface area contributed by atoms with E-state index in [1.165, 1.54) is 50.5 Å². The van der Waals surface area contributed by atoms with Crippen LogP contribution in [0.15, 0.2) is 11.6 Å². The van der Waals surface area contributed by atoms with Gasteiger partial charge in [0.1, 0.15) is 0 Å². The highest BCUT2D eigenvalue weighted by molar-refractivity contribution is 5.22. The van der Waals surface area contributed by atoms with E-state index in [9.17, 15) is 5.11 Å². The lowest BCUT2D eigenvalue weighted by atomic mass is 9.85. The maximum Gasteiger partial charge on any atom is 0.0998 e. The molecule has 3 rings (SSSR count). The highest BCUT2D eigenvalue weighted by Gasteiger charge is 2.47. The lowest BCUT2D eigenvalue weighted by Crippen LogP contribution is -2.36. The molecule has 0 aromatic carbocycles. The predicted molar refractivity (Wildman–Crippen MR) is 74.5 cm³/mol. The van der Waals surface area contributed by atoms with Crippen LogP contribution in [0.1, 0.15) is 64.7 Å². The first-order valence-electron chi connectivity index (χ1n) is 7.87. The minimum atomic E-state index is -0.501. The van der Waals surface area contributed by atoms with Gasteiger partial charge in [0.25, 0.3) is 0 Å². The maximum absolute atomic E-state index is 11.0. The molecule has 1 N–H and O–H groups in total. The largest absolute Gasteiger partial charge is 0.384 e. The summed E-state index contributed by atoms with van der Waals surface area (Å²) in [6.45, 7) is 3.18. The molecule has 1 heterocycles. The molecule has 2 fully saturated rings. The standard InChI is InChI=1S/C16H27NO/c1-13-11-16(18,12-17(13)15-9-10-15)14-7-5-3-2-4-6-8-14/h7,13,15,18H,2-6,8-12H2,1H3. The zero-order chi connectivity index (χ0) is 12.6. The van der Waals surface area contributed by atoms with Gasteiger partial charge >= 0.3 is 0 Å². The molecule has 2 atom stereocenters. The summed E-state index contributed by atoms with van der Waals surface area (Å²) in [5, 5.41) is 11.0. The monoisotopic (exact) mass is 249 g/mol. The fraction of sp³-hybridized carbons (Fsp3) is 0.875. The quantitative estimate of drug-likeness (QED) is 0.759. The van der Waals surface area contributed by atoms with E-state index in [2.05, 4.69) is 17.9 Å². The zero-order valence-electron chi connectivity index (χ0n) is 11.7. The number of rotatable bonds is 2. The second-order valence-electron chi connectivity index (χ2n) is 6.67. The maximum atomic E-state index is 11.0. The zero-order valence-corrected chi connectivity index (χ0v) is 11.7. The highest BCUT2D eigenvalue weighted by atomic mass is 16.3. The summed E-state index contributed by atoms with van der Waals surface area (Å²) in [5.41, 5.74) is 0.858. The molecule has 0 bridgehead atoms. The van der Waals surface area contributed by atoms with Crippen molar-refractivity contribution in [1.29, 1.82) is 0 Å². The van der Waals surface area contributed by atoms with Crippen LogP contribution in [0.2, 0.25) is 0 Å². The van der Waals surface area contributed by atoms with Crippen LogP contribution in [0.4, 0.5) is 0 Å². The molecule has 18 heavy (non-hydrogen) atoms. The van der Waals surface area contributed by atoms with Gasteiger partial charge in [0.15, 0.2) is 0 Å². The summed E-state index contributed by atoms with van der Waals surface area (Å²) in [4.78, 5) is 2.56. The number of hydrogen-bond donors (Lipinski definition) is 1. The van der Waals surface area contributed by atoms with Crippen LogP contribution in [0, 0.1) is 0 Å². The topological polar surface area (TPSA) is 23.5 Å². The Hall–Kier alpha value is -0.340. The molecule has 1 saturated carbocycles. The van der Waals surface area contributed by atoms with E-state index in [0.717, 1.165) is 25.4 Å². The van der Waals surface area contributed by atoms with E-state index < -0.39 is 5.60 Å². The smallest absolute Gasteiger partial charge is 0.0998 e. The number of hydrogen-bond acceptors (Lipinski definition) is 2. The van der Waals surface area contributed by atoms with Gasteiger partial charge in [0, 0.05) is 18.6 Å². The normalized spacial score (nSPS) is 39.2. The van der Waals surface area contributed by atoms with Crippen molar-refractivity contribution < 1.29 is 5.11 Å². The number of likely N-dealkylation sites (tertiary alicyclic amines) is 1. The van der Waals surface area contributed by atoms with Crippen molar-refractivity contribution in [1.82, 2.24) is 4.90 Å². The molecular weight excluding hydrogens is 222 g/mol. The Morgan fingerprint density at radius 2 is 2.00 bits per heavy atom. The third-order valence-electron chi connectivity index (χ3n) is 5.05. The van der Waals surface area contributed by atoms with E-state index in [-0.39, 0.29) is 0 Å². The van der Waals surface area contributed by atoms with Gasteiger partial charge in [-0.25, -0.2) is 0 Å². The predicted octanol–water partition coefficient (Wildman–Crippen LogP) is 3.25. The molecule has 2 nitrogen and oxygen atoms in total. The van der Waals surface area contributed by atoms with Gasteiger partial charge in [-0.15, -0.1) is 0 Å². The third-order valence-corrected chi connectivity index (χ3v) is 5.05. The lowest BCUT2D eigenvalue weighted by molar-refractivity contribution is 0.0804. The first kappa shape index (κ1) is 12.7. The highest BCUT2D eigenvalue weighted by Crippen LogP contribution is 2.41.